The van der Waals surface area contributed by atoms with Crippen LogP contribution in [0.5, 0.6) is 0 Å². The molecule has 4 heteroatoms. The Hall–Kier alpha value is -1.03. The summed E-state index contributed by atoms with van der Waals surface area (Å²) in [5, 5.41) is 3.36. The third kappa shape index (κ3) is 1.83. The molecule has 0 saturated heterocycles. The number of nitrogen functional groups attached to an aromatic ring is 1. The summed E-state index contributed by atoms with van der Waals surface area (Å²) in [5.74, 6) is -0.0677. The first-order valence-electron chi connectivity index (χ1n) is 4.21. The van der Waals surface area contributed by atoms with Crippen LogP contribution in [0.1, 0.15) is 27.7 Å². The van der Waals surface area contributed by atoms with Crippen LogP contribution in [-0.2, 0) is 0 Å². The molecule has 0 aliphatic carbocycles. The minimum Gasteiger partial charge on any atom is -0.390 e. The minimum atomic E-state index is -0.0677. The molecule has 13 heavy (non-hydrogen) atoms. The van der Waals surface area contributed by atoms with Gasteiger partial charge in [-0.2, -0.15) is 0 Å². The normalized spacial score (nSPS) is 10.1. The van der Waals surface area contributed by atoms with Crippen molar-refractivity contribution >= 4 is 22.2 Å². The molecule has 0 aliphatic heterocycles. The van der Waals surface area contributed by atoms with Crippen LogP contribution in [0, 0.1) is 13.8 Å². The molecule has 3 N–H and O–H groups in total. The van der Waals surface area contributed by atoms with Crippen molar-refractivity contribution in [2.45, 2.75) is 20.8 Å². The van der Waals surface area contributed by atoms with Crippen LogP contribution in [0.4, 0.5) is 5.00 Å². The maximum Gasteiger partial charge on any atom is 0.254 e. The number of hydrogen-bond acceptors (Lipinski definition) is 3. The summed E-state index contributed by atoms with van der Waals surface area (Å²) in [4.78, 5) is 12.6. The van der Waals surface area contributed by atoms with Crippen molar-refractivity contribution in [2.75, 3.05) is 12.3 Å². The summed E-state index contributed by atoms with van der Waals surface area (Å²) in [5.41, 5.74) is 7.37. The molecule has 0 saturated carbocycles. The van der Waals surface area contributed by atoms with Gasteiger partial charge in [-0.25, -0.2) is 0 Å². The van der Waals surface area contributed by atoms with E-state index in [2.05, 4.69) is 5.32 Å². The molecule has 0 aliphatic rings. The van der Waals surface area contributed by atoms with Crippen LogP contribution >= 0.6 is 11.3 Å². The number of carbonyl (C=O) groups is 1. The maximum absolute atomic E-state index is 11.5. The SMILES string of the molecule is CCNC(=O)c1c(N)sc(C)c1C. The van der Waals surface area contributed by atoms with Crippen molar-refractivity contribution < 1.29 is 4.79 Å². The molecule has 1 rings (SSSR count). The predicted octanol–water partition coefficient (Wildman–Crippen LogP) is 1.70. The number of rotatable bonds is 2. The van der Waals surface area contributed by atoms with Crippen LogP contribution in [0.3, 0.4) is 0 Å². The maximum atomic E-state index is 11.5. The first-order chi connectivity index (χ1) is 6.07. The lowest BCUT2D eigenvalue weighted by Crippen LogP contribution is -2.23. The second-order valence-corrected chi connectivity index (χ2v) is 4.14. The van der Waals surface area contributed by atoms with Gasteiger partial charge in [-0.3, -0.25) is 4.79 Å². The zero-order chi connectivity index (χ0) is 10.0. The van der Waals surface area contributed by atoms with E-state index >= 15 is 0 Å². The van der Waals surface area contributed by atoms with E-state index < -0.39 is 0 Å². The van der Waals surface area contributed by atoms with Gasteiger partial charge in [0.1, 0.15) is 0 Å². The van der Waals surface area contributed by atoms with Crippen molar-refractivity contribution in [1.82, 2.24) is 5.32 Å². The smallest absolute Gasteiger partial charge is 0.254 e. The third-order valence-electron chi connectivity index (χ3n) is 1.98. The highest BCUT2D eigenvalue weighted by Gasteiger charge is 2.16. The van der Waals surface area contributed by atoms with Gasteiger partial charge in [0.2, 0.25) is 0 Å². The van der Waals surface area contributed by atoms with Gasteiger partial charge in [-0.05, 0) is 26.3 Å². The number of carbonyl (C=O) groups excluding carboxylic acids is 1. The van der Waals surface area contributed by atoms with Crippen molar-refractivity contribution in [2.24, 2.45) is 0 Å². The molecule has 0 aromatic carbocycles. The van der Waals surface area contributed by atoms with E-state index in [-0.39, 0.29) is 5.91 Å². The van der Waals surface area contributed by atoms with E-state index in [0.717, 1.165) is 10.4 Å². The Morgan fingerprint density at radius 1 is 1.54 bits per heavy atom. The average Bonchev–Trinajstić information content (AvgIpc) is 2.27. The molecule has 0 radical (unpaired) electrons. The van der Waals surface area contributed by atoms with Crippen LogP contribution < -0.4 is 11.1 Å². The Bertz CT molecular complexity index is 331. The molecule has 0 atom stereocenters. The first-order valence-corrected chi connectivity index (χ1v) is 5.03. The standard InChI is InChI=1S/C9H14N2OS/c1-4-11-9(12)7-5(2)6(3)13-8(7)10/h4,10H2,1-3H3,(H,11,12). The molecule has 1 amide bonds. The lowest BCUT2D eigenvalue weighted by molar-refractivity contribution is 0.0956. The topological polar surface area (TPSA) is 55.1 Å². The van der Waals surface area contributed by atoms with E-state index in [0.29, 0.717) is 17.1 Å². The minimum absolute atomic E-state index is 0.0677. The van der Waals surface area contributed by atoms with Crippen molar-refractivity contribution in [3.63, 3.8) is 0 Å². The zero-order valence-corrected chi connectivity index (χ0v) is 8.92. The van der Waals surface area contributed by atoms with Gasteiger partial charge in [-0.15, -0.1) is 11.3 Å². The van der Waals surface area contributed by atoms with E-state index in [1.54, 1.807) is 0 Å². The monoisotopic (exact) mass is 198 g/mol. The van der Waals surface area contributed by atoms with Gasteiger partial charge in [0.15, 0.2) is 0 Å². The molecule has 3 nitrogen and oxygen atoms in total. The van der Waals surface area contributed by atoms with Gasteiger partial charge in [0.25, 0.3) is 5.91 Å². The highest BCUT2D eigenvalue weighted by molar-refractivity contribution is 7.16. The molecule has 1 heterocycles. The highest BCUT2D eigenvalue weighted by Crippen LogP contribution is 2.29. The lowest BCUT2D eigenvalue weighted by Gasteiger charge is -2.02. The molecule has 1 aromatic rings. The molecule has 0 fully saturated rings. The average molecular weight is 198 g/mol. The van der Waals surface area contributed by atoms with Crippen molar-refractivity contribution in [3.05, 3.63) is 16.0 Å². The van der Waals surface area contributed by atoms with E-state index in [4.69, 9.17) is 5.73 Å². The number of anilines is 1. The van der Waals surface area contributed by atoms with Gasteiger partial charge >= 0.3 is 0 Å². The second-order valence-electron chi connectivity index (χ2n) is 2.88. The first kappa shape index (κ1) is 10.1. The summed E-state index contributed by atoms with van der Waals surface area (Å²) in [7, 11) is 0. The summed E-state index contributed by atoms with van der Waals surface area (Å²) >= 11 is 1.47. The highest BCUT2D eigenvalue weighted by atomic mass is 32.1. The summed E-state index contributed by atoms with van der Waals surface area (Å²) in [6.45, 7) is 6.42. The summed E-state index contributed by atoms with van der Waals surface area (Å²) in [6.07, 6.45) is 0. The molecular weight excluding hydrogens is 184 g/mol. The molecule has 0 unspecified atom stereocenters. The van der Waals surface area contributed by atoms with E-state index in [9.17, 15) is 4.79 Å². The third-order valence-corrected chi connectivity index (χ3v) is 3.01. The van der Waals surface area contributed by atoms with Crippen LogP contribution in [0.25, 0.3) is 0 Å². The number of nitrogens with one attached hydrogen (secondary N) is 1. The van der Waals surface area contributed by atoms with Crippen LogP contribution in [0.2, 0.25) is 0 Å². The van der Waals surface area contributed by atoms with Gasteiger partial charge in [0.05, 0.1) is 10.6 Å². The molecule has 0 spiro atoms. The van der Waals surface area contributed by atoms with Crippen LogP contribution in [-0.4, -0.2) is 12.5 Å². The predicted molar refractivity (Wildman–Crippen MR) is 56.2 cm³/mol. The Kier molecular flexibility index (Phi) is 2.93. The Morgan fingerprint density at radius 2 is 2.15 bits per heavy atom. The Morgan fingerprint density at radius 3 is 2.54 bits per heavy atom. The van der Waals surface area contributed by atoms with Gasteiger partial charge < -0.3 is 11.1 Å². The Balaban J connectivity index is 3.06. The van der Waals surface area contributed by atoms with Crippen LogP contribution in [0.15, 0.2) is 0 Å². The van der Waals surface area contributed by atoms with Gasteiger partial charge in [-0.1, -0.05) is 0 Å². The fraction of sp³-hybridized carbons (Fsp3) is 0.444. The number of thiophene rings is 1. The molecule has 72 valence electrons. The van der Waals surface area contributed by atoms with E-state index in [1.165, 1.54) is 11.3 Å². The fourth-order valence-corrected chi connectivity index (χ4v) is 2.12. The number of hydrogen-bond donors (Lipinski definition) is 2. The quantitative estimate of drug-likeness (QED) is 0.760. The number of nitrogens with two attached hydrogens (primary N) is 1. The molecular formula is C9H14N2OS. The van der Waals surface area contributed by atoms with Gasteiger partial charge in [0, 0.05) is 11.4 Å². The molecule has 1 aromatic heterocycles. The number of amides is 1. The second kappa shape index (κ2) is 3.79. The number of aryl methyl sites for hydroxylation is 1. The fourth-order valence-electron chi connectivity index (χ4n) is 1.18. The largest absolute Gasteiger partial charge is 0.390 e. The zero-order valence-electron chi connectivity index (χ0n) is 8.10. The summed E-state index contributed by atoms with van der Waals surface area (Å²) in [6, 6.07) is 0. The van der Waals surface area contributed by atoms with E-state index in [1.807, 2.05) is 20.8 Å². The van der Waals surface area contributed by atoms with Crippen molar-refractivity contribution in [1.29, 1.82) is 0 Å². The molecule has 0 bridgehead atoms. The lowest BCUT2D eigenvalue weighted by atomic mass is 10.1. The summed E-state index contributed by atoms with van der Waals surface area (Å²) < 4.78 is 0. The Labute approximate surface area is 81.9 Å². The van der Waals surface area contributed by atoms with Crippen molar-refractivity contribution in [3.8, 4) is 0 Å².